The number of carbonyl (C=O) groups excluding carboxylic acids is 1. The quantitative estimate of drug-likeness (QED) is 0.217. The zero-order valence-electron chi connectivity index (χ0n) is 22.5. The van der Waals surface area contributed by atoms with Crippen LogP contribution < -0.4 is 0 Å². The van der Waals surface area contributed by atoms with E-state index in [9.17, 15) is 10.1 Å². The standard InChI is InChI=1S/C32H31N5O/c1-6-37-28-18-35-27-12-9-22(23-14-24(17-34-16-23)29(38)13-20(2)3)15-26(27)30(28)31(36-37)21-7-10-25(11-8-21)32(4,5)19-33/h7-12,14-18,20H,6,13H2,1-5H3. The van der Waals surface area contributed by atoms with Crippen LogP contribution in [0.4, 0.5) is 0 Å². The van der Waals surface area contributed by atoms with Gasteiger partial charge in [0.1, 0.15) is 5.69 Å². The van der Waals surface area contributed by atoms with E-state index in [4.69, 9.17) is 10.1 Å². The summed E-state index contributed by atoms with van der Waals surface area (Å²) in [5.74, 6) is 0.397. The number of nitriles is 1. The summed E-state index contributed by atoms with van der Waals surface area (Å²) in [5, 5.41) is 16.5. The lowest BCUT2D eigenvalue weighted by Gasteiger charge is -2.15. The number of aromatic nitrogens is 4. The molecule has 0 saturated heterocycles. The highest BCUT2D eigenvalue weighted by molar-refractivity contribution is 6.12. The van der Waals surface area contributed by atoms with Crippen molar-refractivity contribution in [2.24, 2.45) is 5.92 Å². The van der Waals surface area contributed by atoms with Gasteiger partial charge in [0.2, 0.25) is 0 Å². The van der Waals surface area contributed by atoms with E-state index in [1.165, 1.54) is 0 Å². The SMILES string of the molecule is CCn1nc(-c2ccc(C(C)(C)C#N)cc2)c2c3cc(-c4cncc(C(=O)CC(C)C)c4)ccc3ncc21. The fourth-order valence-corrected chi connectivity index (χ4v) is 4.82. The third-order valence-corrected chi connectivity index (χ3v) is 7.03. The van der Waals surface area contributed by atoms with E-state index >= 15 is 0 Å². The van der Waals surface area contributed by atoms with Crippen molar-refractivity contribution in [1.82, 2.24) is 19.7 Å². The molecule has 0 aliphatic carbocycles. The molecule has 0 aliphatic rings. The molecule has 0 saturated carbocycles. The summed E-state index contributed by atoms with van der Waals surface area (Å²) in [6.07, 6.45) is 5.83. The van der Waals surface area contributed by atoms with Crippen LogP contribution in [0.1, 0.15) is 57.0 Å². The van der Waals surface area contributed by atoms with Crippen molar-refractivity contribution < 1.29 is 4.79 Å². The van der Waals surface area contributed by atoms with Gasteiger partial charge in [0.15, 0.2) is 5.78 Å². The Balaban J connectivity index is 1.67. The summed E-state index contributed by atoms with van der Waals surface area (Å²) in [6, 6.07) is 18.6. The van der Waals surface area contributed by atoms with Gasteiger partial charge in [-0.25, -0.2) is 0 Å². The molecule has 3 heterocycles. The highest BCUT2D eigenvalue weighted by Crippen LogP contribution is 2.36. The lowest BCUT2D eigenvalue weighted by Crippen LogP contribution is -2.13. The van der Waals surface area contributed by atoms with Crippen molar-refractivity contribution >= 4 is 27.6 Å². The number of nitrogens with zero attached hydrogens (tertiary/aromatic N) is 5. The van der Waals surface area contributed by atoms with Crippen molar-refractivity contribution in [2.75, 3.05) is 0 Å². The molecular formula is C32H31N5O. The van der Waals surface area contributed by atoms with Gasteiger partial charge in [-0.15, -0.1) is 0 Å². The number of hydrogen-bond donors (Lipinski definition) is 0. The van der Waals surface area contributed by atoms with Crippen molar-refractivity contribution in [1.29, 1.82) is 5.26 Å². The van der Waals surface area contributed by atoms with Crippen LogP contribution in [0.3, 0.4) is 0 Å². The average Bonchev–Trinajstić information content (AvgIpc) is 3.32. The second kappa shape index (κ2) is 9.83. The number of ketones is 1. The van der Waals surface area contributed by atoms with Gasteiger partial charge in [-0.05, 0) is 56.0 Å². The molecule has 0 bridgehead atoms. The Hall–Kier alpha value is -4.37. The monoisotopic (exact) mass is 501 g/mol. The number of fused-ring (bicyclic) bond motifs is 3. The van der Waals surface area contributed by atoms with Crippen molar-refractivity contribution in [2.45, 2.75) is 53.0 Å². The van der Waals surface area contributed by atoms with Crippen LogP contribution in [0.2, 0.25) is 0 Å². The predicted molar refractivity (Wildman–Crippen MR) is 152 cm³/mol. The van der Waals surface area contributed by atoms with E-state index in [1.807, 2.05) is 81.0 Å². The van der Waals surface area contributed by atoms with E-state index in [0.717, 1.165) is 49.8 Å². The molecule has 2 aromatic carbocycles. The summed E-state index contributed by atoms with van der Waals surface area (Å²) in [6.45, 7) is 10.7. The molecule has 3 aromatic heterocycles. The van der Waals surface area contributed by atoms with Gasteiger partial charge in [-0.2, -0.15) is 10.4 Å². The van der Waals surface area contributed by atoms with E-state index in [2.05, 4.69) is 24.0 Å². The number of rotatable bonds is 7. The smallest absolute Gasteiger partial charge is 0.164 e. The molecule has 190 valence electrons. The number of carbonyl (C=O) groups is 1. The van der Waals surface area contributed by atoms with E-state index < -0.39 is 5.41 Å². The second-order valence-corrected chi connectivity index (χ2v) is 10.7. The largest absolute Gasteiger partial charge is 0.294 e. The Bertz CT molecular complexity index is 1700. The summed E-state index contributed by atoms with van der Waals surface area (Å²) in [5.41, 5.74) is 6.61. The summed E-state index contributed by atoms with van der Waals surface area (Å²) in [4.78, 5) is 21.8. The first-order valence-electron chi connectivity index (χ1n) is 13.0. The van der Waals surface area contributed by atoms with Gasteiger partial charge in [0.25, 0.3) is 0 Å². The summed E-state index contributed by atoms with van der Waals surface area (Å²) < 4.78 is 1.98. The lowest BCUT2D eigenvalue weighted by atomic mass is 9.86. The Morgan fingerprint density at radius 2 is 1.74 bits per heavy atom. The summed E-state index contributed by atoms with van der Waals surface area (Å²) in [7, 11) is 0. The molecule has 0 aliphatic heterocycles. The Morgan fingerprint density at radius 3 is 2.42 bits per heavy atom. The van der Waals surface area contributed by atoms with E-state index in [0.29, 0.717) is 24.4 Å². The molecule has 6 heteroatoms. The van der Waals surface area contributed by atoms with Gasteiger partial charge in [0.05, 0.1) is 28.7 Å². The molecule has 5 aromatic rings. The molecule has 0 fully saturated rings. The molecule has 0 amide bonds. The maximum atomic E-state index is 12.7. The van der Waals surface area contributed by atoms with Crippen LogP contribution in [-0.4, -0.2) is 25.5 Å². The number of benzene rings is 2. The Kier molecular flexibility index (Phi) is 6.54. The van der Waals surface area contributed by atoms with Crippen molar-refractivity contribution in [3.05, 3.63) is 78.2 Å². The first kappa shape index (κ1) is 25.3. The van der Waals surface area contributed by atoms with Gasteiger partial charge in [0, 0.05) is 52.8 Å². The minimum absolute atomic E-state index is 0.105. The number of pyridine rings is 2. The van der Waals surface area contributed by atoms with E-state index in [1.54, 1.807) is 12.4 Å². The molecule has 38 heavy (non-hydrogen) atoms. The topological polar surface area (TPSA) is 84.5 Å². The molecule has 0 radical (unpaired) electrons. The number of aryl methyl sites for hydroxylation is 1. The highest BCUT2D eigenvalue weighted by Gasteiger charge is 2.21. The third kappa shape index (κ3) is 4.56. The Labute approximate surface area is 223 Å². The fourth-order valence-electron chi connectivity index (χ4n) is 4.82. The summed E-state index contributed by atoms with van der Waals surface area (Å²) >= 11 is 0. The van der Waals surface area contributed by atoms with Crippen LogP contribution in [0.15, 0.2) is 67.1 Å². The third-order valence-electron chi connectivity index (χ3n) is 7.03. The van der Waals surface area contributed by atoms with E-state index in [-0.39, 0.29) is 5.78 Å². The van der Waals surface area contributed by atoms with Gasteiger partial charge in [-0.1, -0.05) is 44.2 Å². The van der Waals surface area contributed by atoms with Crippen LogP contribution in [-0.2, 0) is 12.0 Å². The first-order valence-corrected chi connectivity index (χ1v) is 13.0. The maximum absolute atomic E-state index is 12.7. The highest BCUT2D eigenvalue weighted by atomic mass is 16.1. The van der Waals surface area contributed by atoms with Crippen molar-refractivity contribution in [3.63, 3.8) is 0 Å². The fraction of sp³-hybridized carbons (Fsp3) is 0.281. The molecule has 0 spiro atoms. The predicted octanol–water partition coefficient (Wildman–Crippen LogP) is 7.36. The first-order chi connectivity index (χ1) is 18.2. The van der Waals surface area contributed by atoms with Gasteiger partial charge >= 0.3 is 0 Å². The molecule has 0 N–H and O–H groups in total. The second-order valence-electron chi connectivity index (χ2n) is 10.7. The molecule has 6 nitrogen and oxygen atoms in total. The van der Waals surface area contributed by atoms with Crippen molar-refractivity contribution in [3.8, 4) is 28.5 Å². The number of Topliss-reactive ketones (excluding diaryl/α,β-unsaturated/α-hetero) is 1. The van der Waals surface area contributed by atoms with Crippen LogP contribution in [0.5, 0.6) is 0 Å². The average molecular weight is 502 g/mol. The lowest BCUT2D eigenvalue weighted by molar-refractivity contribution is 0.0967. The normalized spacial score (nSPS) is 11.8. The molecule has 0 atom stereocenters. The van der Waals surface area contributed by atoms with Crippen LogP contribution >= 0.6 is 0 Å². The minimum Gasteiger partial charge on any atom is -0.294 e. The zero-order valence-corrected chi connectivity index (χ0v) is 22.5. The minimum atomic E-state index is -0.561. The van der Waals surface area contributed by atoms with Crippen LogP contribution in [0, 0.1) is 17.2 Å². The molecular weight excluding hydrogens is 470 g/mol. The van der Waals surface area contributed by atoms with Gasteiger partial charge in [-0.3, -0.25) is 19.4 Å². The zero-order chi connectivity index (χ0) is 27.0. The van der Waals surface area contributed by atoms with Crippen LogP contribution in [0.25, 0.3) is 44.2 Å². The molecule has 0 unspecified atom stereocenters. The molecule has 5 rings (SSSR count). The van der Waals surface area contributed by atoms with Gasteiger partial charge < -0.3 is 0 Å². The maximum Gasteiger partial charge on any atom is 0.164 e. The number of hydrogen-bond acceptors (Lipinski definition) is 5. The Morgan fingerprint density at radius 1 is 1.00 bits per heavy atom.